The lowest BCUT2D eigenvalue weighted by atomic mass is 9.94. The summed E-state index contributed by atoms with van der Waals surface area (Å²) < 4.78 is 0. The molecular weight excluding hydrogens is 298 g/mol. The molecule has 2 heterocycles. The van der Waals surface area contributed by atoms with E-state index in [1.165, 1.54) is 11.1 Å². The zero-order chi connectivity index (χ0) is 15.0. The van der Waals surface area contributed by atoms with Crippen molar-refractivity contribution in [3.05, 3.63) is 47.3 Å². The number of fused-ring (bicyclic) bond motifs is 1. The number of pyridine rings is 1. The average Bonchev–Trinajstić information content (AvgIpc) is 2.51. The van der Waals surface area contributed by atoms with Crippen LogP contribution in [0.3, 0.4) is 0 Å². The van der Waals surface area contributed by atoms with Crippen molar-refractivity contribution in [2.75, 3.05) is 11.9 Å². The Labute approximate surface area is 136 Å². The largest absolute Gasteiger partial charge is 0.326 e. The lowest BCUT2D eigenvalue weighted by Crippen LogP contribution is -2.30. The molecule has 1 aromatic carbocycles. The van der Waals surface area contributed by atoms with Crippen LogP contribution in [0.15, 0.2) is 30.6 Å². The molecule has 116 valence electrons. The number of halogens is 1. The number of carbonyl (C=O) groups excluding carboxylic acids is 1. The van der Waals surface area contributed by atoms with Gasteiger partial charge in [0.1, 0.15) is 0 Å². The van der Waals surface area contributed by atoms with E-state index in [0.29, 0.717) is 13.0 Å². The van der Waals surface area contributed by atoms with Gasteiger partial charge in [-0.05, 0) is 47.7 Å². The summed E-state index contributed by atoms with van der Waals surface area (Å²) in [5.41, 5.74) is 12.5. The minimum absolute atomic E-state index is 0. The molecule has 0 spiro atoms. The van der Waals surface area contributed by atoms with Gasteiger partial charge in [-0.3, -0.25) is 9.78 Å². The van der Waals surface area contributed by atoms with E-state index in [-0.39, 0.29) is 18.3 Å². The van der Waals surface area contributed by atoms with E-state index in [4.69, 9.17) is 5.73 Å². The van der Waals surface area contributed by atoms with E-state index in [9.17, 15) is 4.79 Å². The number of hydrogen-bond donors (Lipinski definition) is 1. The first-order chi connectivity index (χ1) is 10.1. The molecule has 0 unspecified atom stereocenters. The minimum Gasteiger partial charge on any atom is -0.326 e. The molecule has 0 fully saturated rings. The fraction of sp³-hybridized carbons (Fsp3) is 0.294. The van der Waals surface area contributed by atoms with Crippen LogP contribution in [0, 0.1) is 6.92 Å². The van der Waals surface area contributed by atoms with E-state index < -0.39 is 0 Å². The summed E-state index contributed by atoms with van der Waals surface area (Å²) in [6.45, 7) is 2.57. The van der Waals surface area contributed by atoms with Crippen molar-refractivity contribution >= 4 is 24.0 Å². The number of anilines is 1. The first-order valence-electron chi connectivity index (χ1n) is 7.15. The van der Waals surface area contributed by atoms with Crippen LogP contribution in [0.2, 0.25) is 0 Å². The smallest absolute Gasteiger partial charge is 0.227 e. The van der Waals surface area contributed by atoms with Crippen molar-refractivity contribution in [3.63, 3.8) is 0 Å². The topological polar surface area (TPSA) is 59.2 Å². The van der Waals surface area contributed by atoms with Crippen LogP contribution in [-0.2, 0) is 17.8 Å². The van der Waals surface area contributed by atoms with Gasteiger partial charge in [-0.25, -0.2) is 0 Å². The van der Waals surface area contributed by atoms with Crippen molar-refractivity contribution in [2.24, 2.45) is 5.73 Å². The normalized spacial score (nSPS) is 13.6. The number of rotatable bonds is 2. The van der Waals surface area contributed by atoms with Gasteiger partial charge in [-0.1, -0.05) is 6.07 Å². The van der Waals surface area contributed by atoms with Gasteiger partial charge in [0.25, 0.3) is 0 Å². The molecule has 5 heteroatoms. The molecule has 0 aliphatic carbocycles. The zero-order valence-corrected chi connectivity index (χ0v) is 13.6. The Morgan fingerprint density at radius 1 is 1.27 bits per heavy atom. The predicted molar refractivity (Wildman–Crippen MR) is 91.3 cm³/mol. The van der Waals surface area contributed by atoms with Crippen LogP contribution in [0.1, 0.15) is 23.1 Å². The Morgan fingerprint density at radius 2 is 2.05 bits per heavy atom. The maximum atomic E-state index is 11.8. The van der Waals surface area contributed by atoms with Gasteiger partial charge >= 0.3 is 0 Å². The third-order valence-corrected chi connectivity index (χ3v) is 4.27. The van der Waals surface area contributed by atoms with E-state index in [1.54, 1.807) is 4.90 Å². The second-order valence-electron chi connectivity index (χ2n) is 5.47. The number of amides is 1. The lowest BCUT2D eigenvalue weighted by Gasteiger charge is -2.26. The fourth-order valence-electron chi connectivity index (χ4n) is 2.89. The summed E-state index contributed by atoms with van der Waals surface area (Å²) in [7, 11) is 1.84. The van der Waals surface area contributed by atoms with E-state index in [2.05, 4.69) is 24.0 Å². The second-order valence-corrected chi connectivity index (χ2v) is 5.47. The molecule has 0 atom stereocenters. The number of carbonyl (C=O) groups is 1. The highest BCUT2D eigenvalue weighted by atomic mass is 35.5. The molecular formula is C17H20ClN3O. The van der Waals surface area contributed by atoms with Crippen LogP contribution < -0.4 is 10.6 Å². The van der Waals surface area contributed by atoms with Gasteiger partial charge in [0, 0.05) is 43.7 Å². The maximum Gasteiger partial charge on any atom is 0.227 e. The molecule has 1 amide bonds. The minimum atomic E-state index is 0. The monoisotopic (exact) mass is 317 g/mol. The summed E-state index contributed by atoms with van der Waals surface area (Å²) >= 11 is 0. The van der Waals surface area contributed by atoms with Crippen molar-refractivity contribution in [2.45, 2.75) is 26.3 Å². The SMILES string of the molecule is Cc1c(CN)cncc1-c1ccc2c(c1)CCC(=O)N2C.Cl. The highest BCUT2D eigenvalue weighted by Crippen LogP contribution is 2.32. The molecule has 1 aliphatic heterocycles. The van der Waals surface area contributed by atoms with Gasteiger partial charge in [-0.15, -0.1) is 12.4 Å². The van der Waals surface area contributed by atoms with Crippen LogP contribution in [-0.4, -0.2) is 17.9 Å². The van der Waals surface area contributed by atoms with Crippen LogP contribution in [0.4, 0.5) is 5.69 Å². The molecule has 22 heavy (non-hydrogen) atoms. The molecule has 1 aliphatic rings. The molecule has 0 radical (unpaired) electrons. The molecule has 0 saturated heterocycles. The predicted octanol–water partition coefficient (Wildman–Crippen LogP) is 2.85. The first kappa shape index (κ1) is 16.5. The third kappa shape index (κ3) is 2.72. The molecule has 2 N–H and O–H groups in total. The Morgan fingerprint density at radius 3 is 2.77 bits per heavy atom. The number of nitrogens with zero attached hydrogens (tertiary/aromatic N) is 2. The summed E-state index contributed by atoms with van der Waals surface area (Å²) in [6, 6.07) is 6.25. The van der Waals surface area contributed by atoms with Gasteiger partial charge in [0.05, 0.1) is 0 Å². The van der Waals surface area contributed by atoms with Gasteiger partial charge in [0.2, 0.25) is 5.91 Å². The van der Waals surface area contributed by atoms with Crippen molar-refractivity contribution in [3.8, 4) is 11.1 Å². The zero-order valence-electron chi connectivity index (χ0n) is 12.8. The number of benzene rings is 1. The van der Waals surface area contributed by atoms with Gasteiger partial charge in [-0.2, -0.15) is 0 Å². The van der Waals surface area contributed by atoms with E-state index in [1.807, 2.05) is 25.5 Å². The first-order valence-corrected chi connectivity index (χ1v) is 7.15. The van der Waals surface area contributed by atoms with Crippen molar-refractivity contribution < 1.29 is 4.79 Å². The third-order valence-electron chi connectivity index (χ3n) is 4.27. The highest BCUT2D eigenvalue weighted by Gasteiger charge is 2.21. The Kier molecular flexibility index (Phi) is 4.84. The number of aromatic nitrogens is 1. The molecule has 0 saturated carbocycles. The summed E-state index contributed by atoms with van der Waals surface area (Å²) in [6.07, 6.45) is 5.08. The molecule has 2 aromatic rings. The van der Waals surface area contributed by atoms with E-state index in [0.717, 1.165) is 28.8 Å². The second kappa shape index (κ2) is 6.46. The lowest BCUT2D eigenvalue weighted by molar-refractivity contribution is -0.118. The van der Waals surface area contributed by atoms with Crippen molar-refractivity contribution in [1.29, 1.82) is 0 Å². The number of hydrogen-bond acceptors (Lipinski definition) is 3. The van der Waals surface area contributed by atoms with Gasteiger partial charge in [0.15, 0.2) is 0 Å². The van der Waals surface area contributed by atoms with Crippen molar-refractivity contribution in [1.82, 2.24) is 4.98 Å². The maximum absolute atomic E-state index is 11.8. The molecule has 4 nitrogen and oxygen atoms in total. The van der Waals surface area contributed by atoms with E-state index >= 15 is 0 Å². The quantitative estimate of drug-likeness (QED) is 0.926. The number of aryl methyl sites for hydroxylation is 1. The van der Waals surface area contributed by atoms with Gasteiger partial charge < -0.3 is 10.6 Å². The van der Waals surface area contributed by atoms with Crippen LogP contribution in [0.5, 0.6) is 0 Å². The Bertz CT molecular complexity index is 715. The standard InChI is InChI=1S/C17H19N3O.ClH/c1-11-14(8-18)9-19-10-15(11)12-3-5-16-13(7-12)4-6-17(21)20(16)2;/h3,5,7,9-10H,4,6,8,18H2,1-2H3;1H. The fourth-order valence-corrected chi connectivity index (χ4v) is 2.89. The highest BCUT2D eigenvalue weighted by molar-refractivity contribution is 5.96. The summed E-state index contributed by atoms with van der Waals surface area (Å²) in [5.74, 6) is 0.179. The summed E-state index contributed by atoms with van der Waals surface area (Å²) in [4.78, 5) is 17.8. The molecule has 3 rings (SSSR count). The Balaban J connectivity index is 0.00000176. The molecule has 1 aromatic heterocycles. The average molecular weight is 318 g/mol. The van der Waals surface area contributed by atoms with Crippen LogP contribution in [0.25, 0.3) is 11.1 Å². The van der Waals surface area contributed by atoms with Crippen LogP contribution >= 0.6 is 12.4 Å². The summed E-state index contributed by atoms with van der Waals surface area (Å²) in [5, 5.41) is 0. The number of nitrogens with two attached hydrogens (primary N) is 1. The molecule has 0 bridgehead atoms. The Hall–Kier alpha value is -1.91.